The van der Waals surface area contributed by atoms with Crippen LogP contribution in [0.2, 0.25) is 0 Å². The first-order chi connectivity index (χ1) is 7.02. The van der Waals surface area contributed by atoms with Crippen molar-refractivity contribution in [1.29, 1.82) is 0 Å². The van der Waals surface area contributed by atoms with E-state index in [1.165, 1.54) is 0 Å². The van der Waals surface area contributed by atoms with Crippen LogP contribution < -0.4 is 5.32 Å². The van der Waals surface area contributed by atoms with E-state index < -0.39 is 24.9 Å². The van der Waals surface area contributed by atoms with Crippen molar-refractivity contribution in [3.05, 3.63) is 0 Å². The van der Waals surface area contributed by atoms with Gasteiger partial charge in [-0.05, 0) is 6.42 Å². The molecule has 0 saturated heterocycles. The summed E-state index contributed by atoms with van der Waals surface area (Å²) in [5.74, 6) is -0.139. The molecule has 0 saturated carbocycles. The van der Waals surface area contributed by atoms with Crippen LogP contribution in [0.1, 0.15) is 19.8 Å². The topological polar surface area (TPSA) is 110 Å². The molecule has 0 rings (SSSR count). The van der Waals surface area contributed by atoms with Crippen molar-refractivity contribution >= 4 is 5.91 Å². The Morgan fingerprint density at radius 3 is 2.33 bits per heavy atom. The van der Waals surface area contributed by atoms with E-state index in [9.17, 15) is 15.0 Å². The normalized spacial score (nSPS) is 16.9. The van der Waals surface area contributed by atoms with Gasteiger partial charge in [-0.1, -0.05) is 6.92 Å². The molecule has 15 heavy (non-hydrogen) atoms. The van der Waals surface area contributed by atoms with Crippen LogP contribution in [0.15, 0.2) is 0 Å². The first-order valence-electron chi connectivity index (χ1n) is 4.94. The zero-order valence-electron chi connectivity index (χ0n) is 8.76. The maximum atomic E-state index is 10.8. The third-order valence-corrected chi connectivity index (χ3v) is 2.06. The van der Waals surface area contributed by atoms with Crippen molar-refractivity contribution in [3.8, 4) is 0 Å². The quantitative estimate of drug-likeness (QED) is 0.341. The maximum absolute atomic E-state index is 10.8. The van der Waals surface area contributed by atoms with Crippen LogP contribution in [-0.4, -0.2) is 57.8 Å². The molecular weight excluding hydrogens is 202 g/mol. The van der Waals surface area contributed by atoms with Gasteiger partial charge in [0.2, 0.25) is 5.91 Å². The molecule has 3 unspecified atom stereocenters. The van der Waals surface area contributed by atoms with Gasteiger partial charge >= 0.3 is 0 Å². The molecule has 0 spiro atoms. The standard InChI is InChI=1S/C9H19NO5/c1-2-8(14)10-4-3-6(12)9(15)7(13)5-11/h6-7,9,11-13,15H,2-5H2,1H3,(H,10,14). The zero-order valence-corrected chi connectivity index (χ0v) is 8.76. The molecule has 5 N–H and O–H groups in total. The SMILES string of the molecule is CCC(=O)NCCC(O)C(O)C(O)CO. The molecule has 0 fully saturated rings. The van der Waals surface area contributed by atoms with Crippen molar-refractivity contribution in [3.63, 3.8) is 0 Å². The fraction of sp³-hybridized carbons (Fsp3) is 0.889. The van der Waals surface area contributed by atoms with Crippen LogP contribution in [0.4, 0.5) is 0 Å². The summed E-state index contributed by atoms with van der Waals surface area (Å²) in [6.07, 6.45) is -3.43. The summed E-state index contributed by atoms with van der Waals surface area (Å²) in [5, 5.41) is 38.6. The summed E-state index contributed by atoms with van der Waals surface area (Å²) in [5.41, 5.74) is 0. The van der Waals surface area contributed by atoms with Crippen LogP contribution in [0.5, 0.6) is 0 Å². The lowest BCUT2D eigenvalue weighted by atomic mass is 10.1. The van der Waals surface area contributed by atoms with Crippen molar-refractivity contribution < 1.29 is 25.2 Å². The van der Waals surface area contributed by atoms with E-state index >= 15 is 0 Å². The van der Waals surface area contributed by atoms with E-state index in [1.807, 2.05) is 0 Å². The molecule has 0 aliphatic heterocycles. The number of aliphatic hydroxyl groups is 4. The number of carbonyl (C=O) groups excluding carboxylic acids is 1. The number of nitrogens with one attached hydrogen (secondary N) is 1. The average Bonchev–Trinajstić information content (AvgIpc) is 2.26. The molecule has 0 aliphatic carbocycles. The zero-order chi connectivity index (χ0) is 11.8. The van der Waals surface area contributed by atoms with Gasteiger partial charge in [-0.2, -0.15) is 0 Å². The number of aliphatic hydroxyl groups excluding tert-OH is 4. The Hall–Kier alpha value is -0.690. The maximum Gasteiger partial charge on any atom is 0.219 e. The summed E-state index contributed by atoms with van der Waals surface area (Å²) in [6.45, 7) is 1.32. The summed E-state index contributed by atoms with van der Waals surface area (Å²) in [4.78, 5) is 10.8. The molecule has 0 aromatic rings. The first kappa shape index (κ1) is 14.3. The van der Waals surface area contributed by atoms with E-state index in [-0.39, 0.29) is 18.9 Å². The van der Waals surface area contributed by atoms with Crippen molar-refractivity contribution in [1.82, 2.24) is 5.32 Å². The van der Waals surface area contributed by atoms with Crippen molar-refractivity contribution in [2.45, 2.75) is 38.1 Å². The first-order valence-corrected chi connectivity index (χ1v) is 4.94. The van der Waals surface area contributed by atoms with E-state index in [1.54, 1.807) is 6.92 Å². The Kier molecular flexibility index (Phi) is 7.23. The Labute approximate surface area is 88.5 Å². The Morgan fingerprint density at radius 1 is 1.27 bits per heavy atom. The van der Waals surface area contributed by atoms with Gasteiger partial charge in [0, 0.05) is 13.0 Å². The molecular formula is C9H19NO5. The Bertz CT molecular complexity index is 187. The number of hydrogen-bond donors (Lipinski definition) is 5. The predicted octanol–water partition coefficient (Wildman–Crippen LogP) is -2.02. The van der Waals surface area contributed by atoms with Gasteiger partial charge < -0.3 is 25.7 Å². The second-order valence-corrected chi connectivity index (χ2v) is 3.30. The van der Waals surface area contributed by atoms with Crippen molar-refractivity contribution in [2.75, 3.05) is 13.2 Å². The molecule has 0 bridgehead atoms. The summed E-state index contributed by atoms with van der Waals surface area (Å²) in [7, 11) is 0. The molecule has 0 heterocycles. The Balaban J connectivity index is 3.73. The molecule has 0 aliphatic rings. The van der Waals surface area contributed by atoms with E-state index in [2.05, 4.69) is 5.32 Å². The van der Waals surface area contributed by atoms with Crippen LogP contribution in [0.3, 0.4) is 0 Å². The monoisotopic (exact) mass is 221 g/mol. The molecule has 0 aromatic carbocycles. The summed E-state index contributed by atoms with van der Waals surface area (Å²) >= 11 is 0. The van der Waals surface area contributed by atoms with Crippen molar-refractivity contribution in [2.24, 2.45) is 0 Å². The van der Waals surface area contributed by atoms with Gasteiger partial charge in [-0.25, -0.2) is 0 Å². The highest BCUT2D eigenvalue weighted by molar-refractivity contribution is 5.75. The lowest BCUT2D eigenvalue weighted by Crippen LogP contribution is -2.41. The average molecular weight is 221 g/mol. The number of hydrogen-bond acceptors (Lipinski definition) is 5. The molecule has 0 aromatic heterocycles. The fourth-order valence-corrected chi connectivity index (χ4v) is 1.02. The minimum atomic E-state index is -1.39. The van der Waals surface area contributed by atoms with Crippen LogP contribution in [-0.2, 0) is 4.79 Å². The molecule has 90 valence electrons. The number of rotatable bonds is 7. The van der Waals surface area contributed by atoms with Gasteiger partial charge in [-0.3, -0.25) is 4.79 Å². The molecule has 1 amide bonds. The van der Waals surface area contributed by atoms with Gasteiger partial charge in [0.05, 0.1) is 12.7 Å². The number of carbonyl (C=O) groups is 1. The van der Waals surface area contributed by atoms with Crippen LogP contribution in [0, 0.1) is 0 Å². The van der Waals surface area contributed by atoms with Gasteiger partial charge in [0.25, 0.3) is 0 Å². The third-order valence-electron chi connectivity index (χ3n) is 2.06. The molecule has 6 nitrogen and oxygen atoms in total. The molecule has 6 heteroatoms. The van der Waals surface area contributed by atoms with Crippen LogP contribution in [0.25, 0.3) is 0 Å². The molecule has 3 atom stereocenters. The van der Waals surface area contributed by atoms with E-state index in [0.29, 0.717) is 6.42 Å². The highest BCUT2D eigenvalue weighted by atomic mass is 16.4. The van der Waals surface area contributed by atoms with E-state index in [0.717, 1.165) is 0 Å². The predicted molar refractivity (Wildman–Crippen MR) is 53.0 cm³/mol. The highest BCUT2D eigenvalue weighted by Gasteiger charge is 2.23. The van der Waals surface area contributed by atoms with Crippen LogP contribution >= 0.6 is 0 Å². The highest BCUT2D eigenvalue weighted by Crippen LogP contribution is 2.03. The number of amides is 1. The second kappa shape index (κ2) is 7.58. The lowest BCUT2D eigenvalue weighted by Gasteiger charge is -2.21. The minimum absolute atomic E-state index is 0.129. The molecule has 0 radical (unpaired) electrons. The summed E-state index contributed by atoms with van der Waals surface area (Å²) < 4.78 is 0. The Morgan fingerprint density at radius 2 is 1.87 bits per heavy atom. The second-order valence-electron chi connectivity index (χ2n) is 3.30. The fourth-order valence-electron chi connectivity index (χ4n) is 1.02. The summed E-state index contributed by atoms with van der Waals surface area (Å²) in [6, 6.07) is 0. The van der Waals surface area contributed by atoms with Gasteiger partial charge in [-0.15, -0.1) is 0 Å². The lowest BCUT2D eigenvalue weighted by molar-refractivity contribution is -0.121. The van der Waals surface area contributed by atoms with Gasteiger partial charge in [0.1, 0.15) is 12.2 Å². The smallest absolute Gasteiger partial charge is 0.219 e. The van der Waals surface area contributed by atoms with E-state index in [4.69, 9.17) is 10.2 Å². The third kappa shape index (κ3) is 5.68. The van der Waals surface area contributed by atoms with Gasteiger partial charge in [0.15, 0.2) is 0 Å². The largest absolute Gasteiger partial charge is 0.394 e. The minimum Gasteiger partial charge on any atom is -0.394 e.